The summed E-state index contributed by atoms with van der Waals surface area (Å²) in [5.41, 5.74) is 1.94. The Bertz CT molecular complexity index is 1080. The minimum Gasteiger partial charge on any atom is -0.424 e. The van der Waals surface area contributed by atoms with Crippen LogP contribution in [0.4, 0.5) is 0 Å². The number of aromatic nitrogens is 2. The monoisotopic (exact) mass is 422 g/mol. The summed E-state index contributed by atoms with van der Waals surface area (Å²) in [6.07, 6.45) is 4.27. The van der Waals surface area contributed by atoms with Gasteiger partial charge in [0, 0.05) is 15.9 Å². The van der Waals surface area contributed by atoms with Gasteiger partial charge in [-0.2, -0.15) is 4.98 Å². The Kier molecular flexibility index (Phi) is 4.95. The molecule has 0 saturated heterocycles. The lowest BCUT2D eigenvalue weighted by Crippen LogP contribution is -2.25. The molecular weight excluding hydrogens is 403 g/mol. The van der Waals surface area contributed by atoms with Crippen molar-refractivity contribution in [2.45, 2.75) is 52.5 Å². The molecule has 0 radical (unpaired) electrons. The Morgan fingerprint density at radius 2 is 1.96 bits per heavy atom. The number of halogens is 2. The van der Waals surface area contributed by atoms with E-state index in [9.17, 15) is 4.79 Å². The van der Waals surface area contributed by atoms with Crippen LogP contribution in [0.1, 0.15) is 48.7 Å². The van der Waals surface area contributed by atoms with Crippen LogP contribution >= 0.6 is 34.5 Å². The van der Waals surface area contributed by atoms with Crippen molar-refractivity contribution in [2.24, 2.45) is 0 Å². The molecular formula is C20H20Cl2N2O2S. The Labute approximate surface area is 171 Å². The van der Waals surface area contributed by atoms with Crippen LogP contribution in [-0.4, -0.2) is 9.55 Å². The summed E-state index contributed by atoms with van der Waals surface area (Å²) in [6, 6.07) is 3.59. The average Bonchev–Trinajstić information content (AvgIpc) is 2.96. The number of ether oxygens (including phenoxy) is 1. The molecule has 4 rings (SSSR count). The largest absolute Gasteiger partial charge is 0.424 e. The molecule has 0 atom stereocenters. The van der Waals surface area contributed by atoms with Crippen molar-refractivity contribution >= 4 is 44.8 Å². The molecule has 2 aromatic heterocycles. The number of hydrogen-bond acceptors (Lipinski definition) is 4. The average molecular weight is 423 g/mol. The lowest BCUT2D eigenvalue weighted by Gasteiger charge is -2.18. The van der Waals surface area contributed by atoms with Crippen LogP contribution < -0.4 is 10.3 Å². The molecule has 0 fully saturated rings. The zero-order chi connectivity index (χ0) is 19.3. The second kappa shape index (κ2) is 7.12. The van der Waals surface area contributed by atoms with Crippen LogP contribution in [0.15, 0.2) is 16.9 Å². The second-order valence-corrected chi connectivity index (χ2v) is 9.12. The molecule has 142 valence electrons. The molecule has 0 unspecified atom stereocenters. The van der Waals surface area contributed by atoms with Crippen LogP contribution in [0.2, 0.25) is 10.0 Å². The van der Waals surface area contributed by atoms with Crippen molar-refractivity contribution < 1.29 is 4.74 Å². The molecule has 3 aromatic rings. The highest BCUT2D eigenvalue weighted by atomic mass is 35.5. The van der Waals surface area contributed by atoms with Gasteiger partial charge in [0.1, 0.15) is 4.83 Å². The molecule has 0 amide bonds. The first-order valence-corrected chi connectivity index (χ1v) is 10.6. The van der Waals surface area contributed by atoms with Gasteiger partial charge in [0.05, 0.1) is 10.4 Å². The first-order valence-electron chi connectivity index (χ1n) is 9.07. The maximum absolute atomic E-state index is 13.3. The Balaban J connectivity index is 1.93. The minimum atomic E-state index is -0.0880. The van der Waals surface area contributed by atoms with Gasteiger partial charge in [-0.25, -0.2) is 0 Å². The summed E-state index contributed by atoms with van der Waals surface area (Å²) in [5.74, 6) is 0.475. The second-order valence-electron chi connectivity index (χ2n) is 7.19. The fourth-order valence-electron chi connectivity index (χ4n) is 3.64. The predicted molar refractivity (Wildman–Crippen MR) is 112 cm³/mol. The van der Waals surface area contributed by atoms with Gasteiger partial charge in [-0.1, -0.05) is 23.2 Å². The van der Waals surface area contributed by atoms with E-state index in [0.29, 0.717) is 15.8 Å². The van der Waals surface area contributed by atoms with E-state index in [1.807, 2.05) is 20.8 Å². The van der Waals surface area contributed by atoms with Crippen LogP contribution in [0.3, 0.4) is 0 Å². The molecule has 0 N–H and O–H groups in total. The van der Waals surface area contributed by atoms with Gasteiger partial charge in [-0.05, 0) is 69.7 Å². The third-order valence-electron chi connectivity index (χ3n) is 4.89. The van der Waals surface area contributed by atoms with E-state index >= 15 is 0 Å². The number of rotatable bonds is 3. The highest BCUT2D eigenvalue weighted by molar-refractivity contribution is 7.18. The molecule has 1 aliphatic rings. The molecule has 4 nitrogen and oxygen atoms in total. The van der Waals surface area contributed by atoms with E-state index in [4.69, 9.17) is 32.9 Å². The Hall–Kier alpha value is -1.56. The van der Waals surface area contributed by atoms with E-state index in [0.717, 1.165) is 35.0 Å². The summed E-state index contributed by atoms with van der Waals surface area (Å²) in [5, 5.41) is 1.70. The fraction of sp³-hybridized carbons (Fsp3) is 0.400. The number of fused-ring (bicyclic) bond motifs is 3. The van der Waals surface area contributed by atoms with Crippen LogP contribution in [0.25, 0.3) is 10.2 Å². The third kappa shape index (κ3) is 3.26. The van der Waals surface area contributed by atoms with E-state index in [-0.39, 0.29) is 17.6 Å². The van der Waals surface area contributed by atoms with Crippen molar-refractivity contribution in [3.05, 3.63) is 48.5 Å². The maximum Gasteiger partial charge on any atom is 0.306 e. The lowest BCUT2D eigenvalue weighted by molar-refractivity contribution is 0.381. The standard InChI is InChI=1S/C20H20Cl2N2O2S/c1-10(2)24-19(25)16-13-6-4-5-7-15(13)27-18(16)23-20(24)26-17-11(3)8-12(21)9-14(17)22/h8-10H,4-7H2,1-3H3. The number of aryl methyl sites for hydroxylation is 3. The highest BCUT2D eigenvalue weighted by Gasteiger charge is 2.24. The summed E-state index contributed by atoms with van der Waals surface area (Å²) in [6.45, 7) is 5.78. The zero-order valence-corrected chi connectivity index (χ0v) is 17.8. The predicted octanol–water partition coefficient (Wildman–Crippen LogP) is 6.33. The van der Waals surface area contributed by atoms with Crippen molar-refractivity contribution in [1.82, 2.24) is 9.55 Å². The normalized spacial score (nSPS) is 14.0. The number of hydrogen-bond donors (Lipinski definition) is 0. The molecule has 1 aromatic carbocycles. The number of thiophene rings is 1. The van der Waals surface area contributed by atoms with E-state index in [2.05, 4.69) is 0 Å². The number of nitrogens with zero attached hydrogens (tertiary/aromatic N) is 2. The van der Waals surface area contributed by atoms with E-state index < -0.39 is 0 Å². The molecule has 7 heteroatoms. The van der Waals surface area contributed by atoms with Crippen LogP contribution in [0.5, 0.6) is 11.8 Å². The minimum absolute atomic E-state index is 0.0351. The third-order valence-corrected chi connectivity index (χ3v) is 6.58. The van der Waals surface area contributed by atoms with Crippen LogP contribution in [0, 0.1) is 6.92 Å². The van der Waals surface area contributed by atoms with Crippen molar-refractivity contribution in [3.63, 3.8) is 0 Å². The Morgan fingerprint density at radius 3 is 2.67 bits per heavy atom. The van der Waals surface area contributed by atoms with Gasteiger partial charge in [-0.3, -0.25) is 9.36 Å². The first kappa shape index (κ1) is 18.8. The maximum atomic E-state index is 13.3. The van der Waals surface area contributed by atoms with Gasteiger partial charge < -0.3 is 4.74 Å². The van der Waals surface area contributed by atoms with Gasteiger partial charge >= 0.3 is 6.01 Å². The molecule has 0 spiro atoms. The summed E-state index contributed by atoms with van der Waals surface area (Å²) in [4.78, 5) is 20.1. The quantitative estimate of drug-likeness (QED) is 0.495. The molecule has 2 heterocycles. The molecule has 27 heavy (non-hydrogen) atoms. The topological polar surface area (TPSA) is 44.1 Å². The van der Waals surface area contributed by atoms with Gasteiger partial charge in [0.15, 0.2) is 5.75 Å². The molecule has 0 aliphatic heterocycles. The van der Waals surface area contributed by atoms with E-state index in [1.54, 1.807) is 28.0 Å². The van der Waals surface area contributed by atoms with Gasteiger partial charge in [-0.15, -0.1) is 11.3 Å². The molecule has 0 bridgehead atoms. The Morgan fingerprint density at radius 1 is 1.22 bits per heavy atom. The van der Waals surface area contributed by atoms with Crippen molar-refractivity contribution in [1.29, 1.82) is 0 Å². The zero-order valence-electron chi connectivity index (χ0n) is 15.4. The van der Waals surface area contributed by atoms with Crippen LogP contribution in [-0.2, 0) is 12.8 Å². The summed E-state index contributed by atoms with van der Waals surface area (Å²) in [7, 11) is 0. The summed E-state index contributed by atoms with van der Waals surface area (Å²) < 4.78 is 7.70. The first-order chi connectivity index (χ1) is 12.9. The van der Waals surface area contributed by atoms with E-state index in [1.165, 1.54) is 16.9 Å². The number of benzene rings is 1. The summed E-state index contributed by atoms with van der Waals surface area (Å²) >= 11 is 14.0. The molecule has 0 saturated carbocycles. The lowest BCUT2D eigenvalue weighted by atomic mass is 9.97. The van der Waals surface area contributed by atoms with Gasteiger partial charge in [0.2, 0.25) is 0 Å². The van der Waals surface area contributed by atoms with Gasteiger partial charge in [0.25, 0.3) is 5.56 Å². The fourth-order valence-corrected chi connectivity index (χ4v) is 5.51. The van der Waals surface area contributed by atoms with Crippen molar-refractivity contribution in [2.75, 3.05) is 0 Å². The molecule has 1 aliphatic carbocycles. The van der Waals surface area contributed by atoms with Crippen molar-refractivity contribution in [3.8, 4) is 11.8 Å². The SMILES string of the molecule is Cc1cc(Cl)cc(Cl)c1Oc1nc2sc3c(c2c(=O)n1C(C)C)CCCC3. The highest BCUT2D eigenvalue weighted by Crippen LogP contribution is 2.38. The smallest absolute Gasteiger partial charge is 0.306 e.